The zero-order valence-corrected chi connectivity index (χ0v) is 19.7. The molecule has 0 spiro atoms. The SMILES string of the molecule is C[C@@H](NC(=O)COc1ccc(N(C)S(=O)(=O)c2ccc3ccccc3c2)cc1)c1cccnc1. The fourth-order valence-corrected chi connectivity index (χ4v) is 4.76. The molecule has 174 valence electrons. The Kier molecular flexibility index (Phi) is 6.79. The second kappa shape index (κ2) is 9.93. The quantitative estimate of drug-likeness (QED) is 0.410. The molecule has 1 heterocycles. The van der Waals surface area contributed by atoms with Crippen LogP contribution in [-0.2, 0) is 14.8 Å². The molecule has 0 aliphatic rings. The summed E-state index contributed by atoms with van der Waals surface area (Å²) in [6.07, 6.45) is 3.38. The van der Waals surface area contributed by atoms with E-state index in [9.17, 15) is 13.2 Å². The van der Waals surface area contributed by atoms with Crippen molar-refractivity contribution in [1.29, 1.82) is 0 Å². The predicted molar refractivity (Wildman–Crippen MR) is 132 cm³/mol. The van der Waals surface area contributed by atoms with Gasteiger partial charge in [0, 0.05) is 19.4 Å². The summed E-state index contributed by atoms with van der Waals surface area (Å²) >= 11 is 0. The van der Waals surface area contributed by atoms with Gasteiger partial charge in [-0.3, -0.25) is 14.1 Å². The van der Waals surface area contributed by atoms with Crippen LogP contribution >= 0.6 is 0 Å². The van der Waals surface area contributed by atoms with E-state index in [1.807, 2.05) is 43.3 Å². The topological polar surface area (TPSA) is 88.6 Å². The number of ether oxygens (including phenoxy) is 1. The molecule has 4 aromatic rings. The number of amides is 1. The molecule has 34 heavy (non-hydrogen) atoms. The maximum Gasteiger partial charge on any atom is 0.264 e. The van der Waals surface area contributed by atoms with E-state index in [-0.39, 0.29) is 23.5 Å². The Hall–Kier alpha value is -3.91. The molecule has 8 heteroatoms. The molecule has 0 fully saturated rings. The molecule has 3 aromatic carbocycles. The number of nitrogens with one attached hydrogen (secondary N) is 1. The highest BCUT2D eigenvalue weighted by Crippen LogP contribution is 2.26. The van der Waals surface area contributed by atoms with E-state index in [0.717, 1.165) is 16.3 Å². The molecule has 1 atom stereocenters. The Balaban J connectivity index is 1.38. The Bertz CT molecular complexity index is 1390. The van der Waals surface area contributed by atoms with Gasteiger partial charge in [0.2, 0.25) is 0 Å². The van der Waals surface area contributed by atoms with E-state index in [0.29, 0.717) is 11.4 Å². The zero-order chi connectivity index (χ0) is 24.1. The first-order chi connectivity index (χ1) is 16.3. The highest BCUT2D eigenvalue weighted by Gasteiger charge is 2.21. The van der Waals surface area contributed by atoms with Crippen molar-refractivity contribution in [3.8, 4) is 5.75 Å². The van der Waals surface area contributed by atoms with Crippen LogP contribution in [-0.4, -0.2) is 33.0 Å². The Labute approximate surface area is 199 Å². The average Bonchev–Trinajstić information content (AvgIpc) is 2.87. The molecule has 1 N–H and O–H groups in total. The molecule has 0 saturated carbocycles. The number of carbonyl (C=O) groups excluding carboxylic acids is 1. The number of hydrogen-bond acceptors (Lipinski definition) is 5. The van der Waals surface area contributed by atoms with Gasteiger partial charge in [-0.25, -0.2) is 8.42 Å². The average molecular weight is 476 g/mol. The van der Waals surface area contributed by atoms with Gasteiger partial charge in [0.15, 0.2) is 6.61 Å². The van der Waals surface area contributed by atoms with Gasteiger partial charge in [-0.1, -0.05) is 36.4 Å². The second-order valence-electron chi connectivity index (χ2n) is 7.84. The summed E-state index contributed by atoms with van der Waals surface area (Å²) in [4.78, 5) is 16.5. The molecule has 4 rings (SSSR count). The van der Waals surface area contributed by atoms with Crippen molar-refractivity contribution in [2.45, 2.75) is 17.9 Å². The van der Waals surface area contributed by atoms with Gasteiger partial charge in [-0.05, 0) is 65.7 Å². The molecule has 7 nitrogen and oxygen atoms in total. The van der Waals surface area contributed by atoms with Crippen molar-refractivity contribution in [2.75, 3.05) is 18.0 Å². The van der Waals surface area contributed by atoms with Crippen molar-refractivity contribution < 1.29 is 17.9 Å². The van der Waals surface area contributed by atoms with Crippen molar-refractivity contribution in [1.82, 2.24) is 10.3 Å². The maximum absolute atomic E-state index is 13.1. The van der Waals surface area contributed by atoms with Gasteiger partial charge in [0.1, 0.15) is 5.75 Å². The number of sulfonamides is 1. The standard InChI is InChI=1S/C26H25N3O4S/c1-19(22-8-5-15-27-17-22)28-26(30)18-33-24-12-10-23(11-13-24)29(2)34(31,32)25-14-9-20-6-3-4-7-21(20)16-25/h3-17,19H,18H2,1-2H3,(H,28,30)/t19-/m1/s1. The first-order valence-electron chi connectivity index (χ1n) is 10.7. The van der Waals surface area contributed by atoms with E-state index in [4.69, 9.17) is 4.74 Å². The summed E-state index contributed by atoms with van der Waals surface area (Å²) < 4.78 is 33.1. The number of hydrogen-bond donors (Lipinski definition) is 1. The molecule has 1 amide bonds. The molecule has 0 radical (unpaired) electrons. The van der Waals surface area contributed by atoms with Crippen molar-refractivity contribution in [3.05, 3.63) is 96.8 Å². The van der Waals surface area contributed by atoms with Crippen LogP contribution in [0.25, 0.3) is 10.8 Å². The van der Waals surface area contributed by atoms with Crippen LogP contribution in [0.15, 0.2) is 96.2 Å². The third-order valence-corrected chi connectivity index (χ3v) is 7.29. The number of rotatable bonds is 8. The lowest BCUT2D eigenvalue weighted by atomic mass is 10.1. The van der Waals surface area contributed by atoms with E-state index in [1.165, 1.54) is 11.4 Å². The summed E-state index contributed by atoms with van der Waals surface area (Å²) in [5.41, 5.74) is 1.38. The monoisotopic (exact) mass is 475 g/mol. The molecule has 0 aliphatic carbocycles. The minimum absolute atomic E-state index is 0.158. The summed E-state index contributed by atoms with van der Waals surface area (Å²) in [6, 6.07) is 22.8. The predicted octanol–water partition coefficient (Wildman–Crippen LogP) is 4.32. The maximum atomic E-state index is 13.1. The molecular weight excluding hydrogens is 450 g/mol. The third-order valence-electron chi connectivity index (χ3n) is 5.51. The smallest absolute Gasteiger partial charge is 0.264 e. The lowest BCUT2D eigenvalue weighted by molar-refractivity contribution is -0.123. The van der Waals surface area contributed by atoms with Crippen LogP contribution < -0.4 is 14.4 Å². The summed E-state index contributed by atoms with van der Waals surface area (Å²) in [5, 5.41) is 4.69. The van der Waals surface area contributed by atoms with Crippen LogP contribution in [0.1, 0.15) is 18.5 Å². The zero-order valence-electron chi connectivity index (χ0n) is 18.9. The Morgan fingerprint density at radius 1 is 1.00 bits per heavy atom. The van der Waals surface area contributed by atoms with E-state index in [1.54, 1.807) is 54.9 Å². The number of pyridine rings is 1. The lowest BCUT2D eigenvalue weighted by Gasteiger charge is -2.20. The number of benzene rings is 3. The number of fused-ring (bicyclic) bond motifs is 1. The van der Waals surface area contributed by atoms with Crippen molar-refractivity contribution in [3.63, 3.8) is 0 Å². The summed E-state index contributed by atoms with van der Waals surface area (Å²) in [7, 11) is -2.23. The fourth-order valence-electron chi connectivity index (χ4n) is 3.52. The molecular formula is C26H25N3O4S. The Morgan fingerprint density at radius 3 is 2.44 bits per heavy atom. The summed E-state index contributed by atoms with van der Waals surface area (Å²) in [5.74, 6) is 0.195. The van der Waals surface area contributed by atoms with E-state index in [2.05, 4.69) is 10.3 Å². The molecule has 0 bridgehead atoms. The third kappa shape index (κ3) is 5.18. The van der Waals surface area contributed by atoms with Crippen LogP contribution in [0.2, 0.25) is 0 Å². The van der Waals surface area contributed by atoms with Crippen LogP contribution in [0.4, 0.5) is 5.69 Å². The molecule has 1 aromatic heterocycles. The summed E-state index contributed by atoms with van der Waals surface area (Å²) in [6.45, 7) is 1.71. The fraction of sp³-hybridized carbons (Fsp3) is 0.154. The molecule has 0 aliphatic heterocycles. The van der Waals surface area contributed by atoms with Crippen molar-refractivity contribution >= 4 is 32.4 Å². The number of carbonyl (C=O) groups is 1. The second-order valence-corrected chi connectivity index (χ2v) is 9.81. The van der Waals surface area contributed by atoms with Gasteiger partial charge >= 0.3 is 0 Å². The normalized spacial score (nSPS) is 12.2. The van der Waals surface area contributed by atoms with E-state index < -0.39 is 10.0 Å². The van der Waals surface area contributed by atoms with Gasteiger partial charge < -0.3 is 10.1 Å². The molecule has 0 saturated heterocycles. The molecule has 0 unspecified atom stereocenters. The minimum atomic E-state index is -3.74. The first kappa shape index (κ1) is 23.3. The van der Waals surface area contributed by atoms with Gasteiger partial charge in [-0.15, -0.1) is 0 Å². The first-order valence-corrected chi connectivity index (χ1v) is 12.2. The van der Waals surface area contributed by atoms with Crippen LogP contribution in [0.5, 0.6) is 5.75 Å². The van der Waals surface area contributed by atoms with Gasteiger partial charge in [0.25, 0.3) is 15.9 Å². The highest BCUT2D eigenvalue weighted by atomic mass is 32.2. The van der Waals surface area contributed by atoms with Gasteiger partial charge in [0.05, 0.1) is 16.6 Å². The van der Waals surface area contributed by atoms with Crippen molar-refractivity contribution in [2.24, 2.45) is 0 Å². The van der Waals surface area contributed by atoms with Gasteiger partial charge in [-0.2, -0.15) is 0 Å². The highest BCUT2D eigenvalue weighted by molar-refractivity contribution is 7.92. The number of aromatic nitrogens is 1. The number of nitrogens with zero attached hydrogens (tertiary/aromatic N) is 2. The number of anilines is 1. The lowest BCUT2D eigenvalue weighted by Crippen LogP contribution is -2.31. The van der Waals surface area contributed by atoms with E-state index >= 15 is 0 Å². The van der Waals surface area contributed by atoms with Crippen LogP contribution in [0.3, 0.4) is 0 Å². The van der Waals surface area contributed by atoms with Crippen LogP contribution in [0, 0.1) is 0 Å². The largest absolute Gasteiger partial charge is 0.484 e. The minimum Gasteiger partial charge on any atom is -0.484 e. The Morgan fingerprint density at radius 2 is 1.74 bits per heavy atom.